The van der Waals surface area contributed by atoms with Crippen molar-refractivity contribution in [3.8, 4) is 5.75 Å². The summed E-state index contributed by atoms with van der Waals surface area (Å²) >= 11 is 0. The topological polar surface area (TPSA) is 92.3 Å². The minimum atomic E-state index is -0.963. The summed E-state index contributed by atoms with van der Waals surface area (Å²) < 4.78 is 5.81. The molecule has 0 amide bonds. The Morgan fingerprint density at radius 2 is 2.00 bits per heavy atom. The molecule has 1 heterocycles. The number of carbonyl (C=O) groups is 2. The Morgan fingerprint density at radius 1 is 1.17 bits per heavy atom. The molecule has 0 radical (unpaired) electrons. The number of carbonyl (C=O) groups excluding carboxylic acids is 1. The van der Waals surface area contributed by atoms with Crippen molar-refractivity contribution in [2.45, 2.75) is 19.3 Å². The van der Waals surface area contributed by atoms with Crippen molar-refractivity contribution in [3.63, 3.8) is 0 Å². The molecule has 0 aliphatic heterocycles. The van der Waals surface area contributed by atoms with E-state index in [-0.39, 0.29) is 11.3 Å². The fourth-order valence-electron chi connectivity index (χ4n) is 3.41. The molecule has 0 spiro atoms. The summed E-state index contributed by atoms with van der Waals surface area (Å²) in [4.78, 5) is 30.8. The highest BCUT2D eigenvalue weighted by Gasteiger charge is 2.22. The zero-order chi connectivity index (χ0) is 20.2. The number of H-pyrrole nitrogens is 1. The molecule has 1 aliphatic carbocycles. The number of aromatic carboxylic acids is 1. The third-order valence-electron chi connectivity index (χ3n) is 4.97. The largest absolute Gasteiger partial charge is 0.493 e. The monoisotopic (exact) mass is 388 g/mol. The predicted molar refractivity (Wildman–Crippen MR) is 108 cm³/mol. The number of hydrogen-bond donors (Lipinski definition) is 2. The Labute approximate surface area is 167 Å². The molecule has 1 aromatic heterocycles. The minimum Gasteiger partial charge on any atom is -0.493 e. The normalized spacial score (nSPS) is 14.6. The highest BCUT2D eigenvalue weighted by atomic mass is 16.5. The maximum atomic E-state index is 12.9. The Morgan fingerprint density at radius 3 is 2.72 bits per heavy atom. The van der Waals surface area contributed by atoms with Crippen LogP contribution >= 0.6 is 0 Å². The zero-order valence-electron chi connectivity index (χ0n) is 15.7. The standard InChI is InChI=1S/C23H20N2O4/c26-22-18(11-15-1-3-16(4-2-15)23(27)28)6-5-17-12-20(7-8-21(17)22)29-10-9-19-13-24-14-25-19/h1-4,7-8,11-14H,5-6,9-10H2,(H,24,25)(H,27,28). The molecular weight excluding hydrogens is 368 g/mol. The van der Waals surface area contributed by atoms with E-state index in [0.717, 1.165) is 41.0 Å². The van der Waals surface area contributed by atoms with Gasteiger partial charge in [0.15, 0.2) is 5.78 Å². The average Bonchev–Trinajstić information content (AvgIpc) is 3.24. The van der Waals surface area contributed by atoms with Crippen LogP contribution < -0.4 is 4.74 Å². The fraction of sp³-hybridized carbons (Fsp3) is 0.174. The summed E-state index contributed by atoms with van der Waals surface area (Å²) in [6.07, 6.45) is 7.40. The lowest BCUT2D eigenvalue weighted by Crippen LogP contribution is -2.14. The summed E-state index contributed by atoms with van der Waals surface area (Å²) in [6.45, 7) is 0.534. The van der Waals surface area contributed by atoms with E-state index >= 15 is 0 Å². The molecule has 29 heavy (non-hydrogen) atoms. The van der Waals surface area contributed by atoms with Gasteiger partial charge in [0.25, 0.3) is 0 Å². The second-order valence-corrected chi connectivity index (χ2v) is 6.92. The second-order valence-electron chi connectivity index (χ2n) is 6.92. The van der Waals surface area contributed by atoms with Crippen LogP contribution in [0.4, 0.5) is 0 Å². The van der Waals surface area contributed by atoms with Crippen LogP contribution in [0.1, 0.15) is 44.0 Å². The number of rotatable bonds is 6. The molecule has 146 valence electrons. The van der Waals surface area contributed by atoms with E-state index in [0.29, 0.717) is 18.6 Å². The van der Waals surface area contributed by atoms with E-state index in [1.54, 1.807) is 36.8 Å². The molecule has 3 aromatic rings. The quantitative estimate of drug-likeness (QED) is 0.624. The number of aryl methyl sites for hydroxylation is 1. The molecule has 0 fully saturated rings. The molecule has 4 rings (SSSR count). The first-order chi connectivity index (χ1) is 14.1. The van der Waals surface area contributed by atoms with Crippen molar-refractivity contribution < 1.29 is 19.4 Å². The Bertz CT molecular complexity index is 1070. The lowest BCUT2D eigenvalue weighted by molar-refractivity contribution is 0.0696. The number of carboxylic acids is 1. The van der Waals surface area contributed by atoms with Crippen LogP contribution in [0.5, 0.6) is 5.75 Å². The number of benzene rings is 2. The molecule has 0 saturated heterocycles. The number of ether oxygens (including phenoxy) is 1. The summed E-state index contributed by atoms with van der Waals surface area (Å²) in [5.74, 6) is -0.195. The number of aromatic amines is 1. The van der Waals surface area contributed by atoms with E-state index in [9.17, 15) is 9.59 Å². The van der Waals surface area contributed by atoms with E-state index in [1.807, 2.05) is 24.3 Å². The molecule has 0 unspecified atom stereocenters. The van der Waals surface area contributed by atoms with E-state index in [1.165, 1.54) is 0 Å². The maximum absolute atomic E-state index is 12.9. The fourth-order valence-corrected chi connectivity index (χ4v) is 3.41. The van der Waals surface area contributed by atoms with Gasteiger partial charge in [0.2, 0.25) is 0 Å². The maximum Gasteiger partial charge on any atom is 0.335 e. The number of ketones is 1. The van der Waals surface area contributed by atoms with Crippen molar-refractivity contribution in [2.75, 3.05) is 6.61 Å². The van der Waals surface area contributed by atoms with Gasteiger partial charge in [-0.1, -0.05) is 12.1 Å². The third-order valence-corrected chi connectivity index (χ3v) is 4.97. The number of carboxylic acid groups (broad SMARTS) is 1. The zero-order valence-corrected chi connectivity index (χ0v) is 15.7. The van der Waals surface area contributed by atoms with Gasteiger partial charge in [0.05, 0.1) is 18.5 Å². The first-order valence-corrected chi connectivity index (χ1v) is 9.42. The van der Waals surface area contributed by atoms with Gasteiger partial charge in [-0.25, -0.2) is 9.78 Å². The van der Waals surface area contributed by atoms with E-state index in [2.05, 4.69) is 9.97 Å². The second kappa shape index (κ2) is 8.14. The van der Waals surface area contributed by atoms with Crippen LogP contribution in [0.2, 0.25) is 0 Å². The third kappa shape index (κ3) is 4.27. The van der Waals surface area contributed by atoms with Crippen LogP contribution in [0, 0.1) is 0 Å². The van der Waals surface area contributed by atoms with Crippen LogP contribution in [0.25, 0.3) is 6.08 Å². The number of fused-ring (bicyclic) bond motifs is 1. The van der Waals surface area contributed by atoms with Crippen molar-refractivity contribution in [2.24, 2.45) is 0 Å². The Balaban J connectivity index is 1.45. The van der Waals surface area contributed by atoms with Crippen LogP contribution in [-0.2, 0) is 12.8 Å². The van der Waals surface area contributed by atoms with Crippen molar-refractivity contribution in [3.05, 3.63) is 88.5 Å². The lowest BCUT2D eigenvalue weighted by atomic mass is 9.86. The van der Waals surface area contributed by atoms with Crippen LogP contribution in [-0.4, -0.2) is 33.4 Å². The molecule has 0 saturated carbocycles. The summed E-state index contributed by atoms with van der Waals surface area (Å²) in [5, 5.41) is 8.99. The average molecular weight is 388 g/mol. The van der Waals surface area contributed by atoms with Gasteiger partial charge in [-0.15, -0.1) is 0 Å². The molecule has 2 N–H and O–H groups in total. The van der Waals surface area contributed by atoms with Gasteiger partial charge >= 0.3 is 5.97 Å². The van der Waals surface area contributed by atoms with E-state index < -0.39 is 5.97 Å². The highest BCUT2D eigenvalue weighted by Crippen LogP contribution is 2.29. The summed E-state index contributed by atoms with van der Waals surface area (Å²) in [5.41, 5.74) is 4.49. The number of nitrogens with zero attached hydrogens (tertiary/aromatic N) is 1. The Kier molecular flexibility index (Phi) is 5.24. The summed E-state index contributed by atoms with van der Waals surface area (Å²) in [6, 6.07) is 12.1. The predicted octanol–water partition coefficient (Wildman–Crippen LogP) is 3.94. The van der Waals surface area contributed by atoms with Crippen LogP contribution in [0.15, 0.2) is 60.6 Å². The number of allylic oxidation sites excluding steroid dienone is 1. The number of aromatic nitrogens is 2. The molecule has 2 aromatic carbocycles. The molecular formula is C23H20N2O4. The first-order valence-electron chi connectivity index (χ1n) is 9.42. The van der Waals surface area contributed by atoms with Crippen molar-refractivity contribution in [1.82, 2.24) is 9.97 Å². The molecule has 6 nitrogen and oxygen atoms in total. The van der Waals surface area contributed by atoms with Gasteiger partial charge in [0.1, 0.15) is 5.75 Å². The smallest absolute Gasteiger partial charge is 0.335 e. The van der Waals surface area contributed by atoms with Gasteiger partial charge in [-0.3, -0.25) is 4.79 Å². The SMILES string of the molecule is O=C(O)c1ccc(C=C2CCc3cc(OCCc4cnc[nH]4)ccc3C2=O)cc1. The number of imidazole rings is 1. The lowest BCUT2D eigenvalue weighted by Gasteiger charge is -2.18. The first kappa shape index (κ1) is 18.7. The van der Waals surface area contributed by atoms with Gasteiger partial charge in [-0.2, -0.15) is 0 Å². The van der Waals surface area contributed by atoms with Gasteiger partial charge in [0, 0.05) is 29.4 Å². The molecule has 1 aliphatic rings. The van der Waals surface area contributed by atoms with Crippen molar-refractivity contribution >= 4 is 17.8 Å². The number of hydrogen-bond acceptors (Lipinski definition) is 4. The molecule has 6 heteroatoms. The van der Waals surface area contributed by atoms with Gasteiger partial charge < -0.3 is 14.8 Å². The van der Waals surface area contributed by atoms with Crippen molar-refractivity contribution in [1.29, 1.82) is 0 Å². The van der Waals surface area contributed by atoms with Gasteiger partial charge in [-0.05, 0) is 60.4 Å². The summed E-state index contributed by atoms with van der Waals surface area (Å²) in [7, 11) is 0. The Hall–Kier alpha value is -3.67. The molecule has 0 atom stereocenters. The van der Waals surface area contributed by atoms with E-state index in [4.69, 9.17) is 9.84 Å². The minimum absolute atomic E-state index is 0.0116. The van der Waals surface area contributed by atoms with Crippen LogP contribution in [0.3, 0.4) is 0 Å². The number of Topliss-reactive ketones (excluding diaryl/α,β-unsaturated/α-hetero) is 1. The number of nitrogens with one attached hydrogen (secondary N) is 1. The highest BCUT2D eigenvalue weighted by molar-refractivity contribution is 6.13. The molecule has 0 bridgehead atoms.